The smallest absolute Gasteiger partial charge is 0.119 e. The molecule has 3 nitrogen and oxygen atoms in total. The molecule has 2 aromatic carbocycles. The highest BCUT2D eigenvalue weighted by Gasteiger charge is 2.03. The molecule has 0 aliphatic carbocycles. The Morgan fingerprint density at radius 3 is 2.50 bits per heavy atom. The standard InChI is InChI=1S/C19H25NO2/c1-3-18(13-21)20-12-16-7-9-19(10-8-16)22-14-17-6-4-5-15(2)11-17/h4-11,18,20-21H,3,12-14H2,1-2H3/t18-/m0/s1. The summed E-state index contributed by atoms with van der Waals surface area (Å²) in [5.41, 5.74) is 3.62. The van der Waals surface area contributed by atoms with Crippen LogP contribution in [0.25, 0.3) is 0 Å². The number of aryl methyl sites for hydroxylation is 1. The van der Waals surface area contributed by atoms with Crippen LogP contribution in [0.5, 0.6) is 5.75 Å². The minimum atomic E-state index is 0.164. The van der Waals surface area contributed by atoms with Crippen LogP contribution in [0.15, 0.2) is 48.5 Å². The van der Waals surface area contributed by atoms with Crippen LogP contribution in [0, 0.1) is 6.92 Å². The van der Waals surface area contributed by atoms with Crippen molar-refractivity contribution in [1.82, 2.24) is 5.32 Å². The number of hydrogen-bond acceptors (Lipinski definition) is 3. The van der Waals surface area contributed by atoms with Crippen LogP contribution in [-0.4, -0.2) is 17.8 Å². The molecule has 0 aromatic heterocycles. The molecule has 0 fully saturated rings. The molecule has 0 heterocycles. The third kappa shape index (κ3) is 5.17. The first-order chi connectivity index (χ1) is 10.7. The van der Waals surface area contributed by atoms with Crippen LogP contribution in [0.3, 0.4) is 0 Å². The van der Waals surface area contributed by atoms with E-state index in [1.165, 1.54) is 16.7 Å². The molecule has 0 radical (unpaired) electrons. The largest absolute Gasteiger partial charge is 0.489 e. The fourth-order valence-corrected chi connectivity index (χ4v) is 2.27. The summed E-state index contributed by atoms with van der Waals surface area (Å²) < 4.78 is 5.81. The lowest BCUT2D eigenvalue weighted by atomic mass is 10.1. The number of aliphatic hydroxyl groups is 1. The third-order valence-corrected chi connectivity index (χ3v) is 3.72. The fraction of sp³-hybridized carbons (Fsp3) is 0.368. The van der Waals surface area contributed by atoms with Gasteiger partial charge in [-0.2, -0.15) is 0 Å². The summed E-state index contributed by atoms with van der Waals surface area (Å²) in [6.07, 6.45) is 0.925. The maximum atomic E-state index is 9.16. The van der Waals surface area contributed by atoms with Crippen molar-refractivity contribution in [2.24, 2.45) is 0 Å². The van der Waals surface area contributed by atoms with E-state index in [1.807, 2.05) is 18.2 Å². The maximum absolute atomic E-state index is 9.16. The first-order valence-electron chi connectivity index (χ1n) is 7.82. The summed E-state index contributed by atoms with van der Waals surface area (Å²) in [5, 5.41) is 12.5. The maximum Gasteiger partial charge on any atom is 0.119 e. The monoisotopic (exact) mass is 299 g/mol. The number of benzene rings is 2. The number of nitrogens with one attached hydrogen (secondary N) is 1. The molecule has 118 valence electrons. The molecular weight excluding hydrogens is 274 g/mol. The van der Waals surface area contributed by atoms with Crippen LogP contribution in [0.4, 0.5) is 0 Å². The fourth-order valence-electron chi connectivity index (χ4n) is 2.27. The van der Waals surface area contributed by atoms with Gasteiger partial charge < -0.3 is 15.2 Å². The molecule has 3 heteroatoms. The molecule has 2 rings (SSSR count). The second-order valence-electron chi connectivity index (χ2n) is 5.59. The molecule has 0 aliphatic heterocycles. The van der Waals surface area contributed by atoms with Crippen LogP contribution >= 0.6 is 0 Å². The van der Waals surface area contributed by atoms with Crippen molar-refractivity contribution in [3.63, 3.8) is 0 Å². The van der Waals surface area contributed by atoms with E-state index in [4.69, 9.17) is 9.84 Å². The minimum absolute atomic E-state index is 0.164. The Morgan fingerprint density at radius 1 is 1.09 bits per heavy atom. The molecule has 22 heavy (non-hydrogen) atoms. The number of hydrogen-bond donors (Lipinski definition) is 2. The Kier molecular flexibility index (Phi) is 6.44. The first kappa shape index (κ1) is 16.5. The Bertz CT molecular complexity index is 562. The Hall–Kier alpha value is -1.84. The Balaban J connectivity index is 1.84. The van der Waals surface area contributed by atoms with Crippen LogP contribution in [0.2, 0.25) is 0 Å². The second kappa shape index (κ2) is 8.57. The number of ether oxygens (including phenoxy) is 1. The minimum Gasteiger partial charge on any atom is -0.489 e. The van der Waals surface area contributed by atoms with E-state index < -0.39 is 0 Å². The summed E-state index contributed by atoms with van der Waals surface area (Å²) in [4.78, 5) is 0. The van der Waals surface area contributed by atoms with Crippen LogP contribution in [-0.2, 0) is 13.2 Å². The predicted molar refractivity (Wildman–Crippen MR) is 90.0 cm³/mol. The molecule has 0 aliphatic rings. The van der Waals surface area contributed by atoms with E-state index in [9.17, 15) is 0 Å². The molecule has 1 atom stereocenters. The van der Waals surface area contributed by atoms with Gasteiger partial charge in [-0.1, -0.05) is 48.9 Å². The Morgan fingerprint density at radius 2 is 1.86 bits per heavy atom. The van der Waals surface area contributed by atoms with Crippen LogP contribution < -0.4 is 10.1 Å². The molecule has 2 aromatic rings. The van der Waals surface area contributed by atoms with Crippen molar-refractivity contribution in [3.8, 4) is 5.75 Å². The van der Waals surface area contributed by atoms with Gasteiger partial charge in [0.2, 0.25) is 0 Å². The molecule has 0 saturated carbocycles. The van der Waals surface area contributed by atoms with Crippen molar-refractivity contribution >= 4 is 0 Å². The lowest BCUT2D eigenvalue weighted by molar-refractivity contribution is 0.238. The molecule has 0 saturated heterocycles. The molecule has 2 N–H and O–H groups in total. The SMILES string of the molecule is CC[C@@H](CO)NCc1ccc(OCc2cccc(C)c2)cc1. The molecule has 0 spiro atoms. The summed E-state index contributed by atoms with van der Waals surface area (Å²) >= 11 is 0. The highest BCUT2D eigenvalue weighted by Crippen LogP contribution is 2.15. The van der Waals surface area contributed by atoms with Crippen molar-refractivity contribution in [2.45, 2.75) is 39.5 Å². The van der Waals surface area contributed by atoms with E-state index in [1.54, 1.807) is 0 Å². The van der Waals surface area contributed by atoms with Crippen molar-refractivity contribution in [2.75, 3.05) is 6.61 Å². The zero-order valence-electron chi connectivity index (χ0n) is 13.4. The van der Waals surface area contributed by atoms with Gasteiger partial charge in [-0.05, 0) is 36.6 Å². The highest BCUT2D eigenvalue weighted by molar-refractivity contribution is 5.28. The zero-order valence-corrected chi connectivity index (χ0v) is 13.4. The van der Waals surface area contributed by atoms with E-state index in [2.05, 4.69) is 49.5 Å². The molecule has 0 unspecified atom stereocenters. The quantitative estimate of drug-likeness (QED) is 0.784. The first-order valence-corrected chi connectivity index (χ1v) is 7.82. The molecule has 0 bridgehead atoms. The van der Waals surface area contributed by atoms with E-state index in [-0.39, 0.29) is 12.6 Å². The summed E-state index contributed by atoms with van der Waals surface area (Å²) in [6, 6.07) is 16.6. The lowest BCUT2D eigenvalue weighted by Crippen LogP contribution is -2.31. The highest BCUT2D eigenvalue weighted by atomic mass is 16.5. The van der Waals surface area contributed by atoms with Crippen molar-refractivity contribution in [3.05, 3.63) is 65.2 Å². The van der Waals surface area contributed by atoms with Gasteiger partial charge in [0.05, 0.1) is 6.61 Å². The lowest BCUT2D eigenvalue weighted by Gasteiger charge is -2.14. The van der Waals surface area contributed by atoms with Crippen molar-refractivity contribution in [1.29, 1.82) is 0 Å². The summed E-state index contributed by atoms with van der Waals surface area (Å²) in [7, 11) is 0. The van der Waals surface area contributed by atoms with Crippen LogP contribution in [0.1, 0.15) is 30.0 Å². The molecular formula is C19H25NO2. The Labute approximate surface area is 133 Å². The predicted octanol–water partition coefficient (Wildman–Crippen LogP) is 3.43. The van der Waals surface area contributed by atoms with Gasteiger partial charge >= 0.3 is 0 Å². The van der Waals surface area contributed by atoms with Gasteiger partial charge in [-0.25, -0.2) is 0 Å². The average Bonchev–Trinajstić information content (AvgIpc) is 2.55. The number of rotatable bonds is 8. The molecule has 0 amide bonds. The third-order valence-electron chi connectivity index (χ3n) is 3.72. The van der Waals surface area contributed by atoms with Gasteiger partial charge in [0.1, 0.15) is 12.4 Å². The van der Waals surface area contributed by atoms with E-state index >= 15 is 0 Å². The average molecular weight is 299 g/mol. The van der Waals surface area contributed by atoms with Gasteiger partial charge in [0.25, 0.3) is 0 Å². The van der Waals surface area contributed by atoms with Crippen molar-refractivity contribution < 1.29 is 9.84 Å². The summed E-state index contributed by atoms with van der Waals surface area (Å²) in [6.45, 7) is 5.67. The van der Waals surface area contributed by atoms with E-state index in [0.717, 1.165) is 18.7 Å². The number of aliphatic hydroxyl groups excluding tert-OH is 1. The zero-order chi connectivity index (χ0) is 15.8. The second-order valence-corrected chi connectivity index (χ2v) is 5.59. The van der Waals surface area contributed by atoms with Gasteiger partial charge in [-0.15, -0.1) is 0 Å². The van der Waals surface area contributed by atoms with Gasteiger partial charge in [0, 0.05) is 12.6 Å². The topological polar surface area (TPSA) is 41.5 Å². The van der Waals surface area contributed by atoms with E-state index in [0.29, 0.717) is 6.61 Å². The van der Waals surface area contributed by atoms with Gasteiger partial charge in [0.15, 0.2) is 0 Å². The normalized spacial score (nSPS) is 12.1. The van der Waals surface area contributed by atoms with Gasteiger partial charge in [-0.3, -0.25) is 0 Å². The summed E-state index contributed by atoms with van der Waals surface area (Å²) in [5.74, 6) is 0.874.